The summed E-state index contributed by atoms with van der Waals surface area (Å²) in [6, 6.07) is -0.548. The van der Waals surface area contributed by atoms with E-state index in [0.717, 1.165) is 70.6 Å². The monoisotopic (exact) mass is 858 g/mol. The van der Waals surface area contributed by atoms with Crippen molar-refractivity contribution in [3.8, 4) is 0 Å². The number of carbonyl (C=O) groups excluding carboxylic acids is 2. The van der Waals surface area contributed by atoms with Crippen LogP contribution in [0.25, 0.3) is 0 Å². The molecule has 2 atom stereocenters. The Morgan fingerprint density at radius 3 is 1.30 bits per heavy atom. The average molecular weight is 858 g/mol. The van der Waals surface area contributed by atoms with Crippen molar-refractivity contribution in [3.05, 3.63) is 36.5 Å². The van der Waals surface area contributed by atoms with Crippen LogP contribution in [0.2, 0.25) is 0 Å². The zero-order valence-electron chi connectivity index (χ0n) is 40.6. The molecule has 0 bridgehead atoms. The van der Waals surface area contributed by atoms with Crippen LogP contribution in [-0.4, -0.2) is 47.4 Å². The molecule has 0 saturated carbocycles. The summed E-state index contributed by atoms with van der Waals surface area (Å²) in [5, 5.41) is 23.2. The van der Waals surface area contributed by atoms with Crippen LogP contribution in [0.5, 0.6) is 0 Å². The van der Waals surface area contributed by atoms with Crippen LogP contribution < -0.4 is 5.32 Å². The number of allylic oxidation sites excluding steroid dienone is 6. The molecule has 0 rings (SSSR count). The molecule has 0 heterocycles. The SMILES string of the molecule is CCCCC/C=C\CCCCCCCC(=O)OCCCCC/C=C\C=C/CCCCCCCCCCCCC(=O)NC(CO)C(O)CCCCCCCCCCCCCCC. The van der Waals surface area contributed by atoms with Gasteiger partial charge in [0, 0.05) is 12.8 Å². The second kappa shape index (κ2) is 50.7. The minimum absolute atomic E-state index is 0.0239. The van der Waals surface area contributed by atoms with E-state index in [4.69, 9.17) is 4.74 Å². The molecular formula is C55H103NO5. The van der Waals surface area contributed by atoms with Crippen LogP contribution in [0.1, 0.15) is 277 Å². The Morgan fingerprint density at radius 2 is 0.820 bits per heavy atom. The fraction of sp³-hybridized carbons (Fsp3) is 0.855. The molecule has 6 nitrogen and oxygen atoms in total. The number of aliphatic hydroxyl groups is 2. The summed E-state index contributed by atoms with van der Waals surface area (Å²) in [5.74, 6) is -0.0695. The highest BCUT2D eigenvalue weighted by atomic mass is 16.5. The number of hydrogen-bond donors (Lipinski definition) is 3. The Labute approximate surface area is 379 Å². The normalized spacial score (nSPS) is 12.9. The predicted molar refractivity (Wildman–Crippen MR) is 264 cm³/mol. The summed E-state index contributed by atoms with van der Waals surface area (Å²) in [4.78, 5) is 24.4. The van der Waals surface area contributed by atoms with Gasteiger partial charge in [-0.3, -0.25) is 9.59 Å². The zero-order chi connectivity index (χ0) is 44.4. The standard InChI is InChI=1S/C55H103NO5/c1-3-5-7-9-11-13-15-24-27-31-35-39-43-47-53(58)52(51-57)56-54(59)48-44-40-36-32-28-25-22-20-18-17-19-21-23-26-30-34-38-42-46-50-61-55(60)49-45-41-37-33-29-16-14-12-10-8-6-4-2/h12,14,21,23,26,30,52-53,57-58H,3-11,13,15-20,22,24-25,27-29,31-51H2,1-2H3,(H,56,59)/b14-12-,23-21-,30-26-. The van der Waals surface area contributed by atoms with Crippen LogP contribution in [0.15, 0.2) is 36.5 Å². The number of rotatable bonds is 49. The van der Waals surface area contributed by atoms with Crippen molar-refractivity contribution in [1.29, 1.82) is 0 Å². The average Bonchev–Trinajstić information content (AvgIpc) is 3.26. The first-order chi connectivity index (χ1) is 30.0. The number of unbranched alkanes of at least 4 members (excludes halogenated alkanes) is 33. The lowest BCUT2D eigenvalue weighted by Gasteiger charge is -2.22. The topological polar surface area (TPSA) is 95.9 Å². The molecule has 358 valence electrons. The lowest BCUT2D eigenvalue weighted by atomic mass is 10.0. The Bertz CT molecular complexity index is 993. The molecule has 0 aromatic heterocycles. The molecule has 0 fully saturated rings. The maximum Gasteiger partial charge on any atom is 0.305 e. The lowest BCUT2D eigenvalue weighted by molar-refractivity contribution is -0.143. The van der Waals surface area contributed by atoms with Crippen molar-refractivity contribution < 1.29 is 24.5 Å². The molecule has 0 saturated heterocycles. The maximum atomic E-state index is 12.4. The molecule has 0 aromatic carbocycles. The van der Waals surface area contributed by atoms with E-state index in [-0.39, 0.29) is 18.5 Å². The van der Waals surface area contributed by atoms with Crippen LogP contribution in [-0.2, 0) is 14.3 Å². The van der Waals surface area contributed by atoms with Gasteiger partial charge in [-0.2, -0.15) is 0 Å². The fourth-order valence-electron chi connectivity index (χ4n) is 8.04. The zero-order valence-corrected chi connectivity index (χ0v) is 40.6. The summed E-state index contributed by atoms with van der Waals surface area (Å²) < 4.78 is 5.43. The molecule has 0 aliphatic carbocycles. The van der Waals surface area contributed by atoms with Gasteiger partial charge in [0.1, 0.15) is 0 Å². The Morgan fingerprint density at radius 1 is 0.459 bits per heavy atom. The number of hydrogen-bond acceptors (Lipinski definition) is 5. The van der Waals surface area contributed by atoms with E-state index in [9.17, 15) is 19.8 Å². The summed E-state index contributed by atoms with van der Waals surface area (Å²) >= 11 is 0. The largest absolute Gasteiger partial charge is 0.466 e. The first-order valence-corrected chi connectivity index (χ1v) is 26.8. The number of carbonyl (C=O) groups is 2. The molecule has 1 amide bonds. The minimum Gasteiger partial charge on any atom is -0.466 e. The fourth-order valence-corrected chi connectivity index (χ4v) is 8.04. The highest BCUT2D eigenvalue weighted by molar-refractivity contribution is 5.76. The Hall–Kier alpha value is -1.92. The number of ether oxygens (including phenoxy) is 1. The van der Waals surface area contributed by atoms with E-state index >= 15 is 0 Å². The molecule has 0 radical (unpaired) electrons. The number of amides is 1. The first-order valence-electron chi connectivity index (χ1n) is 26.8. The van der Waals surface area contributed by atoms with Gasteiger partial charge in [0.2, 0.25) is 5.91 Å². The summed E-state index contributed by atoms with van der Waals surface area (Å²) in [5.41, 5.74) is 0. The number of esters is 1. The predicted octanol–water partition coefficient (Wildman–Crippen LogP) is 16.1. The molecule has 0 spiro atoms. The molecular weight excluding hydrogens is 755 g/mol. The lowest BCUT2D eigenvalue weighted by Crippen LogP contribution is -2.45. The third-order valence-corrected chi connectivity index (χ3v) is 12.2. The highest BCUT2D eigenvalue weighted by Gasteiger charge is 2.20. The van der Waals surface area contributed by atoms with Crippen LogP contribution in [0, 0.1) is 0 Å². The number of nitrogens with one attached hydrogen (secondary N) is 1. The molecule has 0 aromatic rings. The first kappa shape index (κ1) is 59.1. The van der Waals surface area contributed by atoms with Gasteiger partial charge in [-0.15, -0.1) is 0 Å². The molecule has 0 aliphatic heterocycles. The van der Waals surface area contributed by atoms with Crippen LogP contribution >= 0.6 is 0 Å². The van der Waals surface area contributed by atoms with Gasteiger partial charge in [0.25, 0.3) is 0 Å². The van der Waals surface area contributed by atoms with Gasteiger partial charge in [0.05, 0.1) is 25.4 Å². The van der Waals surface area contributed by atoms with Crippen molar-refractivity contribution in [3.63, 3.8) is 0 Å². The summed E-state index contributed by atoms with van der Waals surface area (Å²) in [6.07, 6.45) is 61.2. The summed E-state index contributed by atoms with van der Waals surface area (Å²) in [6.45, 7) is 4.88. The number of aliphatic hydroxyl groups excluding tert-OH is 2. The summed E-state index contributed by atoms with van der Waals surface area (Å²) in [7, 11) is 0. The van der Waals surface area contributed by atoms with Crippen molar-refractivity contribution >= 4 is 11.9 Å². The smallest absolute Gasteiger partial charge is 0.305 e. The second-order valence-electron chi connectivity index (χ2n) is 18.2. The Kier molecular flexibility index (Phi) is 49.1. The van der Waals surface area contributed by atoms with E-state index in [1.165, 1.54) is 173 Å². The van der Waals surface area contributed by atoms with Gasteiger partial charge >= 0.3 is 5.97 Å². The van der Waals surface area contributed by atoms with Crippen molar-refractivity contribution in [1.82, 2.24) is 5.32 Å². The van der Waals surface area contributed by atoms with Gasteiger partial charge < -0.3 is 20.3 Å². The molecule has 3 N–H and O–H groups in total. The van der Waals surface area contributed by atoms with Crippen LogP contribution in [0.4, 0.5) is 0 Å². The van der Waals surface area contributed by atoms with Gasteiger partial charge in [-0.1, -0.05) is 217 Å². The van der Waals surface area contributed by atoms with E-state index in [1.807, 2.05) is 0 Å². The third-order valence-electron chi connectivity index (χ3n) is 12.2. The van der Waals surface area contributed by atoms with E-state index in [2.05, 4.69) is 55.6 Å². The quantitative estimate of drug-likeness (QED) is 0.0245. The van der Waals surface area contributed by atoms with E-state index in [1.54, 1.807) is 0 Å². The Balaban J connectivity index is 3.49. The van der Waals surface area contributed by atoms with Crippen molar-refractivity contribution in [2.24, 2.45) is 0 Å². The van der Waals surface area contributed by atoms with Gasteiger partial charge in [-0.05, 0) is 83.5 Å². The van der Waals surface area contributed by atoms with Crippen molar-refractivity contribution in [2.45, 2.75) is 289 Å². The van der Waals surface area contributed by atoms with Crippen LogP contribution in [0.3, 0.4) is 0 Å². The van der Waals surface area contributed by atoms with E-state index < -0.39 is 12.1 Å². The highest BCUT2D eigenvalue weighted by Crippen LogP contribution is 2.16. The van der Waals surface area contributed by atoms with Gasteiger partial charge in [-0.25, -0.2) is 0 Å². The molecule has 61 heavy (non-hydrogen) atoms. The maximum absolute atomic E-state index is 12.4. The van der Waals surface area contributed by atoms with Gasteiger partial charge in [0.15, 0.2) is 0 Å². The molecule has 6 heteroatoms. The molecule has 0 aliphatic rings. The minimum atomic E-state index is -0.670. The second-order valence-corrected chi connectivity index (χ2v) is 18.2. The van der Waals surface area contributed by atoms with E-state index in [0.29, 0.717) is 25.9 Å². The third kappa shape index (κ3) is 47.4. The van der Waals surface area contributed by atoms with Crippen molar-refractivity contribution in [2.75, 3.05) is 13.2 Å². The molecule has 2 unspecified atom stereocenters.